The molecule has 230 valence electrons. The van der Waals surface area contributed by atoms with Crippen molar-refractivity contribution in [1.82, 2.24) is 0 Å². The van der Waals surface area contributed by atoms with Crippen LogP contribution in [-0.2, 0) is 33.3 Å². The Morgan fingerprint density at radius 3 is 2.39 bits per heavy atom. The minimum absolute atomic E-state index is 0.0510. The molecule has 1 fully saturated rings. The van der Waals surface area contributed by atoms with E-state index >= 15 is 0 Å². The summed E-state index contributed by atoms with van der Waals surface area (Å²) in [4.78, 5) is 38.4. The van der Waals surface area contributed by atoms with Crippen molar-refractivity contribution in [2.75, 3.05) is 7.11 Å². The van der Waals surface area contributed by atoms with Gasteiger partial charge < -0.3 is 34.3 Å². The minimum Gasteiger partial charge on any atom is -0.483 e. The quantitative estimate of drug-likeness (QED) is 0.418. The van der Waals surface area contributed by atoms with E-state index in [1.807, 2.05) is 13.8 Å². The number of fused-ring (bicyclic) bond motifs is 4. The van der Waals surface area contributed by atoms with Crippen LogP contribution < -0.4 is 0 Å². The normalized spacial score (nSPS) is 42.6. The predicted molar refractivity (Wildman–Crippen MR) is 149 cm³/mol. The van der Waals surface area contributed by atoms with Crippen LogP contribution in [0.1, 0.15) is 73.6 Å². The molecule has 0 aromatic heterocycles. The maximum Gasteiger partial charge on any atom is 0.313 e. The smallest absolute Gasteiger partial charge is 0.313 e. The maximum atomic E-state index is 12.9. The summed E-state index contributed by atoms with van der Waals surface area (Å²) in [6.07, 6.45) is 2.61. The highest BCUT2D eigenvalue weighted by Gasteiger charge is 2.46. The molecule has 0 aromatic carbocycles. The van der Waals surface area contributed by atoms with Crippen molar-refractivity contribution in [1.29, 1.82) is 0 Å². The third-order valence-electron chi connectivity index (χ3n) is 8.78. The highest BCUT2D eigenvalue weighted by atomic mass is 16.6. The number of carbonyl (C=O) groups excluding carboxylic acids is 3. The molecule has 0 aliphatic carbocycles. The summed E-state index contributed by atoms with van der Waals surface area (Å²) >= 11 is 0. The number of esters is 2. The molecule has 10 unspecified atom stereocenters. The van der Waals surface area contributed by atoms with Crippen LogP contribution in [0.15, 0.2) is 35.6 Å². The Labute approximate surface area is 242 Å². The third kappa shape index (κ3) is 7.85. The van der Waals surface area contributed by atoms with Crippen LogP contribution in [0.2, 0.25) is 0 Å². The highest BCUT2D eigenvalue weighted by molar-refractivity contribution is 5.97. The molecule has 0 spiro atoms. The first-order chi connectivity index (χ1) is 19.1. The molecule has 10 atom stereocenters. The second kappa shape index (κ2) is 13.2. The van der Waals surface area contributed by atoms with Crippen LogP contribution in [0.25, 0.3) is 0 Å². The number of ketones is 1. The molecule has 10 nitrogen and oxygen atoms in total. The van der Waals surface area contributed by atoms with E-state index in [1.54, 1.807) is 45.9 Å². The molecule has 3 aliphatic heterocycles. The summed E-state index contributed by atoms with van der Waals surface area (Å²) in [6, 6.07) is 0. The molecule has 10 heteroatoms. The Morgan fingerprint density at radius 1 is 1.07 bits per heavy atom. The van der Waals surface area contributed by atoms with Crippen molar-refractivity contribution in [3.63, 3.8) is 0 Å². The summed E-state index contributed by atoms with van der Waals surface area (Å²) in [7, 11) is 1.53. The number of ether oxygens (including phenoxy) is 4. The molecule has 3 N–H and O–H groups in total. The number of allylic oxidation sites excluding steroid dienone is 2. The molecular formula is C31H46O10. The zero-order valence-corrected chi connectivity index (χ0v) is 25.2. The standard InChI is InChI=1S/C31H46O10/c1-8-31-12-9-17(2)15-30(6,37)11-10-23(38-7)18(3)26(34)20(5)27(35)28-22(32)13-21(39-28)14-25(33)40-24(16-31)19(4)29(36)41-31/h9,12-13,15,18-20,23-24,26-28,34-35,37H,8,10-11,14,16H2,1-7H3/b12-9?,17-15-. The van der Waals surface area contributed by atoms with Gasteiger partial charge in [0.05, 0.1) is 23.7 Å². The Morgan fingerprint density at radius 2 is 1.76 bits per heavy atom. The van der Waals surface area contributed by atoms with Gasteiger partial charge in [-0.25, -0.2) is 0 Å². The molecule has 0 amide bonds. The van der Waals surface area contributed by atoms with Crippen molar-refractivity contribution >= 4 is 17.7 Å². The van der Waals surface area contributed by atoms with Gasteiger partial charge in [0.25, 0.3) is 0 Å². The predicted octanol–water partition coefficient (Wildman–Crippen LogP) is 2.93. The minimum atomic E-state index is -1.35. The lowest BCUT2D eigenvalue weighted by atomic mass is 9.81. The molecular weight excluding hydrogens is 532 g/mol. The van der Waals surface area contributed by atoms with E-state index in [9.17, 15) is 29.7 Å². The van der Waals surface area contributed by atoms with Gasteiger partial charge in [-0.2, -0.15) is 0 Å². The molecule has 1 saturated heterocycles. The second-order valence-electron chi connectivity index (χ2n) is 12.2. The summed E-state index contributed by atoms with van der Waals surface area (Å²) < 4.78 is 22.8. The number of aliphatic hydroxyl groups excluding tert-OH is 2. The van der Waals surface area contributed by atoms with Crippen molar-refractivity contribution in [2.24, 2.45) is 17.8 Å². The van der Waals surface area contributed by atoms with E-state index in [1.165, 1.54) is 7.11 Å². The number of hydrogen-bond donors (Lipinski definition) is 3. The first-order valence-electron chi connectivity index (χ1n) is 14.5. The second-order valence-corrected chi connectivity index (χ2v) is 12.2. The molecule has 0 aromatic rings. The monoisotopic (exact) mass is 578 g/mol. The Hall–Kier alpha value is -2.53. The fourth-order valence-electron chi connectivity index (χ4n) is 5.86. The van der Waals surface area contributed by atoms with E-state index < -0.39 is 77.2 Å². The zero-order chi connectivity index (χ0) is 30.7. The summed E-state index contributed by atoms with van der Waals surface area (Å²) in [5.41, 5.74) is -1.47. The number of rotatable bonds is 2. The topological polar surface area (TPSA) is 149 Å². The van der Waals surface area contributed by atoms with E-state index in [0.29, 0.717) is 19.3 Å². The SMILES string of the molecule is CCC12C=C/C(C)=C\C(C)(O)CCC(OC)C(C)C(O)C(C)C(O)C3OC(=CC3=O)CC(=O)OC(C1)C(C)C(=O)O2. The zero-order valence-electron chi connectivity index (χ0n) is 25.2. The van der Waals surface area contributed by atoms with Gasteiger partial charge in [0.1, 0.15) is 30.0 Å². The lowest BCUT2D eigenvalue weighted by Gasteiger charge is -2.40. The van der Waals surface area contributed by atoms with Crippen molar-refractivity contribution in [2.45, 2.75) is 115 Å². The van der Waals surface area contributed by atoms with E-state index in [0.717, 1.165) is 11.6 Å². The average Bonchev–Trinajstić information content (AvgIpc) is 3.27. The van der Waals surface area contributed by atoms with Crippen LogP contribution in [-0.4, -0.2) is 81.9 Å². The molecule has 3 heterocycles. The number of carbonyl (C=O) groups is 3. The van der Waals surface area contributed by atoms with E-state index in [2.05, 4.69) is 0 Å². The average molecular weight is 579 g/mol. The van der Waals surface area contributed by atoms with Crippen molar-refractivity contribution in [3.8, 4) is 0 Å². The molecule has 0 saturated carbocycles. The molecule has 4 bridgehead atoms. The lowest BCUT2D eigenvalue weighted by molar-refractivity contribution is -0.187. The van der Waals surface area contributed by atoms with Gasteiger partial charge in [-0.15, -0.1) is 0 Å². The van der Waals surface area contributed by atoms with Gasteiger partial charge in [-0.05, 0) is 46.1 Å². The van der Waals surface area contributed by atoms with Gasteiger partial charge in [0, 0.05) is 31.4 Å². The summed E-state index contributed by atoms with van der Waals surface area (Å²) in [5, 5.41) is 33.2. The summed E-state index contributed by atoms with van der Waals surface area (Å²) in [6.45, 7) is 10.4. The van der Waals surface area contributed by atoms with Gasteiger partial charge in [0.2, 0.25) is 5.78 Å². The van der Waals surface area contributed by atoms with Crippen molar-refractivity contribution in [3.05, 3.63) is 35.6 Å². The Balaban J connectivity index is 1.96. The molecule has 3 aliphatic rings. The largest absolute Gasteiger partial charge is 0.483 e. The Kier molecular flexibility index (Phi) is 10.6. The van der Waals surface area contributed by atoms with Gasteiger partial charge in [-0.3, -0.25) is 14.4 Å². The first kappa shape index (κ1) is 33.0. The first-order valence-corrected chi connectivity index (χ1v) is 14.5. The molecule has 3 rings (SSSR count). The van der Waals surface area contributed by atoms with Crippen LogP contribution in [0.5, 0.6) is 0 Å². The van der Waals surface area contributed by atoms with E-state index in [-0.39, 0.29) is 18.6 Å². The third-order valence-corrected chi connectivity index (χ3v) is 8.78. The molecule has 41 heavy (non-hydrogen) atoms. The van der Waals surface area contributed by atoms with Crippen LogP contribution in [0, 0.1) is 17.8 Å². The summed E-state index contributed by atoms with van der Waals surface area (Å²) in [5.74, 6) is -3.54. The van der Waals surface area contributed by atoms with Crippen LogP contribution >= 0.6 is 0 Å². The maximum absolute atomic E-state index is 12.9. The fourth-order valence-corrected chi connectivity index (χ4v) is 5.86. The van der Waals surface area contributed by atoms with Crippen molar-refractivity contribution < 1.29 is 48.7 Å². The number of aliphatic hydroxyl groups is 3. The number of methoxy groups -OCH3 is 1. The lowest BCUT2D eigenvalue weighted by Crippen LogP contribution is -2.49. The van der Waals surface area contributed by atoms with Gasteiger partial charge in [0.15, 0.2) is 6.10 Å². The molecule has 0 radical (unpaired) electrons. The highest BCUT2D eigenvalue weighted by Crippen LogP contribution is 2.36. The van der Waals surface area contributed by atoms with Crippen LogP contribution in [0.3, 0.4) is 0 Å². The van der Waals surface area contributed by atoms with E-state index in [4.69, 9.17) is 18.9 Å². The fraction of sp³-hybridized carbons (Fsp3) is 0.710. The van der Waals surface area contributed by atoms with Gasteiger partial charge >= 0.3 is 11.9 Å². The number of hydrogen-bond acceptors (Lipinski definition) is 10. The Bertz CT molecular complexity index is 1070. The van der Waals surface area contributed by atoms with Crippen LogP contribution in [0.4, 0.5) is 0 Å². The van der Waals surface area contributed by atoms with Gasteiger partial charge in [-0.1, -0.05) is 38.5 Å².